The van der Waals surface area contributed by atoms with Crippen molar-refractivity contribution in [1.29, 1.82) is 0 Å². The van der Waals surface area contributed by atoms with E-state index in [4.69, 9.17) is 10.5 Å². The van der Waals surface area contributed by atoms with E-state index in [0.717, 1.165) is 11.3 Å². The lowest BCUT2D eigenvalue weighted by atomic mass is 10.1. The third kappa shape index (κ3) is 3.08. The highest BCUT2D eigenvalue weighted by Crippen LogP contribution is 2.24. The van der Waals surface area contributed by atoms with E-state index in [2.05, 4.69) is 15.2 Å². The lowest BCUT2D eigenvalue weighted by Gasteiger charge is -2.09. The molecule has 1 heterocycles. The van der Waals surface area contributed by atoms with Crippen molar-refractivity contribution in [2.45, 2.75) is 6.04 Å². The molecule has 1 atom stereocenters. The van der Waals surface area contributed by atoms with Crippen molar-refractivity contribution >= 4 is 5.69 Å². The number of ether oxygens (including phenoxy) is 1. The molecular formula is C16H15N5O3. The Morgan fingerprint density at radius 1 is 1.25 bits per heavy atom. The topological polar surface area (TPSA) is 120 Å². The van der Waals surface area contributed by atoms with Gasteiger partial charge in [-0.3, -0.25) is 15.2 Å². The maximum atomic E-state index is 10.9. The van der Waals surface area contributed by atoms with Gasteiger partial charge in [0.05, 0.1) is 18.1 Å². The number of nitrogens with zero attached hydrogens (tertiary/aromatic N) is 3. The number of aromatic nitrogens is 3. The number of nitro groups is 1. The molecule has 0 saturated heterocycles. The summed E-state index contributed by atoms with van der Waals surface area (Å²) < 4.78 is 5.12. The summed E-state index contributed by atoms with van der Waals surface area (Å²) in [7, 11) is 1.59. The van der Waals surface area contributed by atoms with E-state index in [1.54, 1.807) is 19.2 Å². The van der Waals surface area contributed by atoms with Crippen LogP contribution in [0, 0.1) is 10.1 Å². The minimum Gasteiger partial charge on any atom is -0.497 e. The van der Waals surface area contributed by atoms with Crippen LogP contribution in [0.3, 0.4) is 0 Å². The predicted octanol–water partition coefficient (Wildman–Crippen LogP) is 2.44. The summed E-state index contributed by atoms with van der Waals surface area (Å²) in [5.74, 6) is 1.57. The van der Waals surface area contributed by atoms with Gasteiger partial charge in [-0.2, -0.15) is 5.10 Å². The highest BCUT2D eigenvalue weighted by Gasteiger charge is 2.16. The van der Waals surface area contributed by atoms with Crippen molar-refractivity contribution in [3.8, 4) is 17.1 Å². The average Bonchev–Trinajstić information content (AvgIpc) is 3.11. The van der Waals surface area contributed by atoms with Gasteiger partial charge in [-0.05, 0) is 17.7 Å². The number of methoxy groups -OCH3 is 1. The molecule has 0 saturated carbocycles. The number of hydrogen-bond donors (Lipinski definition) is 2. The van der Waals surface area contributed by atoms with Crippen LogP contribution in [0.1, 0.15) is 17.4 Å². The molecule has 8 nitrogen and oxygen atoms in total. The minimum absolute atomic E-state index is 0.0155. The number of nitrogens with one attached hydrogen (secondary N) is 1. The largest absolute Gasteiger partial charge is 0.497 e. The zero-order chi connectivity index (χ0) is 17.1. The van der Waals surface area contributed by atoms with Crippen LogP contribution in [0.15, 0.2) is 48.5 Å². The summed E-state index contributed by atoms with van der Waals surface area (Å²) in [4.78, 5) is 14.8. The average molecular weight is 325 g/mol. The van der Waals surface area contributed by atoms with Gasteiger partial charge in [0.1, 0.15) is 11.6 Å². The van der Waals surface area contributed by atoms with E-state index in [-0.39, 0.29) is 5.69 Å². The maximum Gasteiger partial charge on any atom is 0.270 e. The summed E-state index contributed by atoms with van der Waals surface area (Å²) >= 11 is 0. The quantitative estimate of drug-likeness (QED) is 0.549. The first-order valence-corrected chi connectivity index (χ1v) is 7.15. The third-order valence-electron chi connectivity index (χ3n) is 3.59. The minimum atomic E-state index is -0.490. The molecule has 122 valence electrons. The highest BCUT2D eigenvalue weighted by molar-refractivity contribution is 5.58. The number of H-pyrrole nitrogens is 1. The second kappa shape index (κ2) is 6.47. The number of nitro benzene ring substituents is 1. The lowest BCUT2D eigenvalue weighted by molar-refractivity contribution is -0.384. The first kappa shape index (κ1) is 15.6. The Bertz CT molecular complexity index is 860. The Morgan fingerprint density at radius 3 is 2.67 bits per heavy atom. The molecule has 2 aromatic carbocycles. The summed E-state index contributed by atoms with van der Waals surface area (Å²) in [6.07, 6.45) is 0. The van der Waals surface area contributed by atoms with Crippen LogP contribution < -0.4 is 10.5 Å². The van der Waals surface area contributed by atoms with E-state index < -0.39 is 11.0 Å². The van der Waals surface area contributed by atoms with Gasteiger partial charge in [0.2, 0.25) is 0 Å². The fourth-order valence-corrected chi connectivity index (χ4v) is 2.27. The molecule has 0 unspecified atom stereocenters. The molecule has 0 fully saturated rings. The third-order valence-corrected chi connectivity index (χ3v) is 3.59. The van der Waals surface area contributed by atoms with Crippen molar-refractivity contribution in [3.05, 3.63) is 70.0 Å². The Hall–Kier alpha value is -3.26. The molecule has 1 aromatic heterocycles. The van der Waals surface area contributed by atoms with Crippen molar-refractivity contribution < 1.29 is 9.66 Å². The standard InChI is InChI=1S/C16H15N5O3/c1-24-13-7-5-10(6-8-13)14(17)16-18-15(19-20-16)11-3-2-4-12(9-11)21(22)23/h2-9,14H,17H2,1H3,(H,18,19,20)/t14-/m0/s1. The van der Waals surface area contributed by atoms with Gasteiger partial charge in [0.15, 0.2) is 5.82 Å². The van der Waals surface area contributed by atoms with Crippen LogP contribution in [-0.4, -0.2) is 27.2 Å². The molecule has 24 heavy (non-hydrogen) atoms. The van der Waals surface area contributed by atoms with Gasteiger partial charge in [0, 0.05) is 17.7 Å². The number of aromatic amines is 1. The Kier molecular flexibility index (Phi) is 4.21. The van der Waals surface area contributed by atoms with Crippen molar-refractivity contribution in [2.24, 2.45) is 5.73 Å². The molecule has 8 heteroatoms. The maximum absolute atomic E-state index is 10.9. The molecule has 0 aliphatic heterocycles. The van der Waals surface area contributed by atoms with E-state index in [1.807, 2.05) is 24.3 Å². The lowest BCUT2D eigenvalue weighted by Crippen LogP contribution is -2.13. The van der Waals surface area contributed by atoms with E-state index in [0.29, 0.717) is 17.2 Å². The van der Waals surface area contributed by atoms with Gasteiger partial charge in [0.25, 0.3) is 5.69 Å². The summed E-state index contributed by atoms with van der Waals surface area (Å²) in [6.45, 7) is 0. The molecule has 0 aliphatic carbocycles. The molecule has 3 rings (SSSR count). The number of rotatable bonds is 5. The highest BCUT2D eigenvalue weighted by atomic mass is 16.6. The monoisotopic (exact) mass is 325 g/mol. The zero-order valence-corrected chi connectivity index (χ0v) is 12.8. The normalized spacial score (nSPS) is 11.9. The number of non-ortho nitro benzene ring substituents is 1. The van der Waals surface area contributed by atoms with Crippen molar-refractivity contribution in [1.82, 2.24) is 15.2 Å². The van der Waals surface area contributed by atoms with Crippen LogP contribution in [0.5, 0.6) is 5.75 Å². The van der Waals surface area contributed by atoms with Crippen LogP contribution in [0.25, 0.3) is 11.4 Å². The van der Waals surface area contributed by atoms with Gasteiger partial charge < -0.3 is 10.5 Å². The molecular weight excluding hydrogens is 310 g/mol. The van der Waals surface area contributed by atoms with Crippen LogP contribution in [0.2, 0.25) is 0 Å². The van der Waals surface area contributed by atoms with Crippen molar-refractivity contribution in [3.63, 3.8) is 0 Å². The molecule has 3 aromatic rings. The number of nitrogens with two attached hydrogens (primary N) is 1. The molecule has 0 amide bonds. The zero-order valence-electron chi connectivity index (χ0n) is 12.8. The fraction of sp³-hybridized carbons (Fsp3) is 0.125. The predicted molar refractivity (Wildman–Crippen MR) is 87.5 cm³/mol. The summed E-state index contributed by atoms with van der Waals surface area (Å²) in [5, 5.41) is 17.8. The Balaban J connectivity index is 1.86. The summed E-state index contributed by atoms with van der Waals surface area (Å²) in [5.41, 5.74) is 7.57. The molecule has 0 aliphatic rings. The Labute approximate surface area is 137 Å². The van der Waals surface area contributed by atoms with Gasteiger partial charge >= 0.3 is 0 Å². The van der Waals surface area contributed by atoms with Crippen molar-refractivity contribution in [2.75, 3.05) is 7.11 Å². The number of benzene rings is 2. The fourth-order valence-electron chi connectivity index (χ4n) is 2.27. The molecule has 0 bridgehead atoms. The molecule has 3 N–H and O–H groups in total. The van der Waals surface area contributed by atoms with Gasteiger partial charge in [-0.25, -0.2) is 4.98 Å². The molecule has 0 spiro atoms. The Morgan fingerprint density at radius 2 is 2.00 bits per heavy atom. The van der Waals surface area contributed by atoms with E-state index in [9.17, 15) is 10.1 Å². The van der Waals surface area contributed by atoms with Gasteiger partial charge in [-0.1, -0.05) is 24.3 Å². The first-order valence-electron chi connectivity index (χ1n) is 7.15. The van der Waals surface area contributed by atoms with Gasteiger partial charge in [-0.15, -0.1) is 0 Å². The van der Waals surface area contributed by atoms with E-state index >= 15 is 0 Å². The number of hydrogen-bond acceptors (Lipinski definition) is 6. The molecule has 0 radical (unpaired) electrons. The second-order valence-electron chi connectivity index (χ2n) is 5.10. The smallest absolute Gasteiger partial charge is 0.270 e. The van der Waals surface area contributed by atoms with Crippen LogP contribution >= 0.6 is 0 Å². The van der Waals surface area contributed by atoms with Crippen LogP contribution in [0.4, 0.5) is 5.69 Å². The van der Waals surface area contributed by atoms with E-state index in [1.165, 1.54) is 12.1 Å². The summed E-state index contributed by atoms with van der Waals surface area (Å²) in [6, 6.07) is 13.0. The second-order valence-corrected chi connectivity index (χ2v) is 5.10. The first-order chi connectivity index (χ1) is 11.6. The van der Waals surface area contributed by atoms with Crippen LogP contribution in [-0.2, 0) is 0 Å². The SMILES string of the molecule is COc1ccc([C@H](N)c2nc(-c3cccc([N+](=O)[O-])c3)n[nH]2)cc1.